The van der Waals surface area contributed by atoms with E-state index in [-0.39, 0.29) is 5.91 Å². The van der Waals surface area contributed by atoms with Crippen LogP contribution in [0.25, 0.3) is 0 Å². The van der Waals surface area contributed by atoms with Gasteiger partial charge in [0, 0.05) is 6.54 Å². The summed E-state index contributed by atoms with van der Waals surface area (Å²) in [6, 6.07) is -1.17. The van der Waals surface area contributed by atoms with Crippen molar-refractivity contribution in [2.24, 2.45) is 0 Å². The van der Waals surface area contributed by atoms with Crippen molar-refractivity contribution in [2.75, 3.05) is 13.1 Å². The molecule has 1 aliphatic heterocycles. The summed E-state index contributed by atoms with van der Waals surface area (Å²) in [5, 5.41) is 7.41. The van der Waals surface area contributed by atoms with Crippen molar-refractivity contribution in [1.82, 2.24) is 20.9 Å². The third kappa shape index (κ3) is 4.00. The molecule has 0 aromatic rings. The average Bonchev–Trinajstić information content (AvgIpc) is 2.72. The number of unbranched alkanes of at least 4 members (excludes halogenated alkanes) is 1. The Kier molecular flexibility index (Phi) is 5.57. The Hall–Kier alpha value is -2.12. The third-order valence-electron chi connectivity index (χ3n) is 4.32. The minimum atomic E-state index is -0.848. The predicted molar refractivity (Wildman–Crippen MR) is 82.5 cm³/mol. The Bertz CT molecular complexity index is 500. The van der Waals surface area contributed by atoms with E-state index in [4.69, 9.17) is 0 Å². The van der Waals surface area contributed by atoms with Gasteiger partial charge in [-0.1, -0.05) is 32.6 Å². The fourth-order valence-electron chi connectivity index (χ4n) is 3.05. The van der Waals surface area contributed by atoms with Gasteiger partial charge < -0.3 is 10.6 Å². The fourth-order valence-corrected chi connectivity index (χ4v) is 3.05. The summed E-state index contributed by atoms with van der Waals surface area (Å²) >= 11 is 0. The molecule has 1 saturated heterocycles. The van der Waals surface area contributed by atoms with Crippen LogP contribution in [0.2, 0.25) is 0 Å². The first-order valence-corrected chi connectivity index (χ1v) is 8.20. The number of hydrogen-bond acceptors (Lipinski definition) is 4. The minimum Gasteiger partial charge on any atom is -0.338 e. The van der Waals surface area contributed by atoms with Crippen molar-refractivity contribution in [3.63, 3.8) is 0 Å². The molecule has 0 aromatic heterocycles. The molecule has 0 bridgehead atoms. The summed E-state index contributed by atoms with van der Waals surface area (Å²) in [6.07, 6.45) is 5.76. The van der Waals surface area contributed by atoms with E-state index < -0.39 is 30.1 Å². The van der Waals surface area contributed by atoms with E-state index in [1.165, 1.54) is 0 Å². The number of hydrogen-bond donors (Lipinski definition) is 3. The van der Waals surface area contributed by atoms with E-state index in [0.29, 0.717) is 19.4 Å². The maximum absolute atomic E-state index is 12.5. The predicted octanol–water partition coefficient (Wildman–Crippen LogP) is 0.867. The van der Waals surface area contributed by atoms with Gasteiger partial charge in [0.1, 0.15) is 12.1 Å². The molecule has 2 rings (SSSR count). The molecule has 0 unspecified atom stereocenters. The molecule has 2 aliphatic rings. The first-order valence-electron chi connectivity index (χ1n) is 8.20. The van der Waals surface area contributed by atoms with Crippen molar-refractivity contribution in [3.8, 4) is 0 Å². The number of nitrogens with zero attached hydrogens (tertiary/aromatic N) is 1. The van der Waals surface area contributed by atoms with Gasteiger partial charge in [0.2, 0.25) is 5.91 Å². The van der Waals surface area contributed by atoms with Crippen LogP contribution in [0.5, 0.6) is 0 Å². The molecule has 1 aliphatic carbocycles. The smallest absolute Gasteiger partial charge is 0.325 e. The zero-order valence-electron chi connectivity index (χ0n) is 13.4. The molecule has 23 heavy (non-hydrogen) atoms. The first-order chi connectivity index (χ1) is 11.0. The number of imide groups is 2. The Morgan fingerprint density at radius 1 is 1.22 bits per heavy atom. The van der Waals surface area contributed by atoms with Gasteiger partial charge in [-0.2, -0.15) is 0 Å². The van der Waals surface area contributed by atoms with Crippen LogP contribution in [-0.2, 0) is 9.59 Å². The van der Waals surface area contributed by atoms with Gasteiger partial charge in [-0.3, -0.25) is 19.8 Å². The summed E-state index contributed by atoms with van der Waals surface area (Å²) in [5.41, 5.74) is -0.848. The van der Waals surface area contributed by atoms with Crippen molar-refractivity contribution < 1.29 is 19.2 Å². The number of amides is 6. The fraction of sp³-hybridized carbons (Fsp3) is 0.733. The van der Waals surface area contributed by atoms with Crippen molar-refractivity contribution >= 4 is 23.9 Å². The lowest BCUT2D eigenvalue weighted by molar-refractivity contribution is -0.135. The molecule has 3 N–H and O–H groups in total. The third-order valence-corrected chi connectivity index (χ3v) is 4.32. The lowest BCUT2D eigenvalue weighted by Gasteiger charge is -2.30. The van der Waals surface area contributed by atoms with E-state index in [2.05, 4.69) is 16.0 Å². The molecule has 128 valence electrons. The first kappa shape index (κ1) is 17.2. The van der Waals surface area contributed by atoms with E-state index in [1.807, 2.05) is 6.92 Å². The largest absolute Gasteiger partial charge is 0.338 e. The number of urea groups is 2. The maximum atomic E-state index is 12.5. The Balaban J connectivity index is 1.87. The highest BCUT2D eigenvalue weighted by Gasteiger charge is 2.51. The van der Waals surface area contributed by atoms with Crippen LogP contribution in [0.3, 0.4) is 0 Å². The second kappa shape index (κ2) is 7.43. The van der Waals surface area contributed by atoms with Crippen LogP contribution in [0.15, 0.2) is 0 Å². The highest BCUT2D eigenvalue weighted by Crippen LogP contribution is 2.33. The van der Waals surface area contributed by atoms with Gasteiger partial charge in [-0.25, -0.2) is 9.59 Å². The summed E-state index contributed by atoms with van der Waals surface area (Å²) in [4.78, 5) is 48.8. The van der Waals surface area contributed by atoms with Crippen molar-refractivity contribution in [1.29, 1.82) is 0 Å². The van der Waals surface area contributed by atoms with Crippen LogP contribution in [-0.4, -0.2) is 47.4 Å². The molecule has 0 atom stereocenters. The number of nitrogens with one attached hydrogen (secondary N) is 3. The molecular formula is C15H24N4O4. The normalized spacial score (nSPS) is 19.6. The van der Waals surface area contributed by atoms with Crippen LogP contribution < -0.4 is 16.0 Å². The van der Waals surface area contributed by atoms with E-state index in [9.17, 15) is 19.2 Å². The molecule has 0 radical (unpaired) electrons. The standard InChI is InChI=1S/C15H24N4O4/c1-2-3-9-16-13(22)17-11(20)10-19-12(21)15(18-14(19)23)7-5-4-6-8-15/h2-10H2,1H3,(H,18,23)(H2,16,17,20,22). The van der Waals surface area contributed by atoms with Crippen LogP contribution in [0.1, 0.15) is 51.9 Å². The number of rotatable bonds is 5. The molecule has 6 amide bonds. The molecule has 2 fully saturated rings. The van der Waals surface area contributed by atoms with Crippen LogP contribution in [0, 0.1) is 0 Å². The van der Waals surface area contributed by atoms with Gasteiger partial charge in [-0.05, 0) is 19.3 Å². The van der Waals surface area contributed by atoms with Crippen molar-refractivity contribution in [2.45, 2.75) is 57.4 Å². The Morgan fingerprint density at radius 2 is 1.91 bits per heavy atom. The monoisotopic (exact) mass is 324 g/mol. The quantitative estimate of drug-likeness (QED) is 0.515. The van der Waals surface area contributed by atoms with E-state index >= 15 is 0 Å². The molecule has 8 heteroatoms. The molecular weight excluding hydrogens is 300 g/mol. The lowest BCUT2D eigenvalue weighted by atomic mass is 9.82. The van der Waals surface area contributed by atoms with Crippen LogP contribution >= 0.6 is 0 Å². The van der Waals surface area contributed by atoms with Gasteiger partial charge in [0.25, 0.3) is 5.91 Å². The second-order valence-corrected chi connectivity index (χ2v) is 6.12. The van der Waals surface area contributed by atoms with Gasteiger partial charge in [0.15, 0.2) is 0 Å². The van der Waals surface area contributed by atoms with Crippen LogP contribution in [0.4, 0.5) is 9.59 Å². The zero-order valence-corrected chi connectivity index (χ0v) is 13.4. The molecule has 1 spiro atoms. The summed E-state index contributed by atoms with van der Waals surface area (Å²) in [7, 11) is 0. The summed E-state index contributed by atoms with van der Waals surface area (Å²) in [5.74, 6) is -1.03. The topological polar surface area (TPSA) is 108 Å². The molecule has 1 saturated carbocycles. The van der Waals surface area contributed by atoms with Crippen molar-refractivity contribution in [3.05, 3.63) is 0 Å². The lowest BCUT2D eigenvalue weighted by Crippen LogP contribution is -2.49. The highest BCUT2D eigenvalue weighted by molar-refractivity contribution is 6.10. The SMILES string of the molecule is CCCCNC(=O)NC(=O)CN1C(=O)NC2(CCCCC2)C1=O. The molecule has 8 nitrogen and oxygen atoms in total. The maximum Gasteiger partial charge on any atom is 0.325 e. The summed E-state index contributed by atoms with van der Waals surface area (Å²) < 4.78 is 0. The van der Waals surface area contributed by atoms with Gasteiger partial charge in [-0.15, -0.1) is 0 Å². The highest BCUT2D eigenvalue weighted by atomic mass is 16.2. The number of carbonyl (C=O) groups excluding carboxylic acids is 4. The molecule has 0 aromatic carbocycles. The minimum absolute atomic E-state index is 0.358. The molecule has 1 heterocycles. The Morgan fingerprint density at radius 3 is 2.57 bits per heavy atom. The van der Waals surface area contributed by atoms with Gasteiger partial charge >= 0.3 is 12.1 Å². The Labute approximate surface area is 135 Å². The average molecular weight is 324 g/mol. The van der Waals surface area contributed by atoms with E-state index in [0.717, 1.165) is 37.0 Å². The summed E-state index contributed by atoms with van der Waals surface area (Å²) in [6.45, 7) is 2.03. The number of carbonyl (C=O) groups is 4. The van der Waals surface area contributed by atoms with E-state index in [1.54, 1.807) is 0 Å². The zero-order chi connectivity index (χ0) is 16.9. The second-order valence-electron chi connectivity index (χ2n) is 6.12. The van der Waals surface area contributed by atoms with Gasteiger partial charge in [0.05, 0.1) is 0 Å².